The third-order valence-corrected chi connectivity index (χ3v) is 6.40. The quantitative estimate of drug-likeness (QED) is 0.632. The number of hydrogen-bond acceptors (Lipinski definition) is 6. The number of fused-ring (bicyclic) bond motifs is 1. The van der Waals surface area contributed by atoms with E-state index < -0.39 is 25.7 Å². The minimum absolute atomic E-state index is 0.0173. The Hall–Kier alpha value is -2.69. The van der Waals surface area contributed by atoms with Crippen molar-refractivity contribution in [2.24, 2.45) is 0 Å². The number of hydrogen-bond donors (Lipinski definition) is 2. The fraction of sp³-hybridized carbons (Fsp3) is 0.0625. The molecule has 8 nitrogen and oxygen atoms in total. The summed E-state index contributed by atoms with van der Waals surface area (Å²) in [6, 6.07) is 12.0. The highest BCUT2D eigenvalue weighted by atomic mass is 32.2. The van der Waals surface area contributed by atoms with Gasteiger partial charge >= 0.3 is 5.63 Å². The number of benzene rings is 2. The lowest BCUT2D eigenvalue weighted by atomic mass is 10.2. The molecular weight excluding hydrogens is 380 g/mol. The Bertz CT molecular complexity index is 1230. The number of nitrogens with one attached hydrogen (secondary N) is 2. The van der Waals surface area contributed by atoms with E-state index in [1.807, 2.05) is 0 Å². The van der Waals surface area contributed by atoms with Gasteiger partial charge in [-0.15, -0.1) is 0 Å². The molecule has 0 aliphatic rings. The SMILES string of the molecule is CNS(=O)(=O)c1ccc(NS(=O)(=O)c2ccc3oc(=O)ccc3c2)cc1. The molecule has 0 saturated heterocycles. The van der Waals surface area contributed by atoms with Crippen LogP contribution in [0, 0.1) is 0 Å². The molecule has 1 heterocycles. The molecule has 26 heavy (non-hydrogen) atoms. The zero-order chi connectivity index (χ0) is 18.9. The summed E-state index contributed by atoms with van der Waals surface area (Å²) in [5.74, 6) is 0. The zero-order valence-corrected chi connectivity index (χ0v) is 15.1. The maximum Gasteiger partial charge on any atom is 0.336 e. The Morgan fingerprint density at radius 1 is 0.808 bits per heavy atom. The number of sulfonamides is 2. The van der Waals surface area contributed by atoms with Crippen LogP contribution < -0.4 is 15.1 Å². The number of anilines is 1. The molecule has 0 radical (unpaired) electrons. The first kappa shape index (κ1) is 18.1. The van der Waals surface area contributed by atoms with Gasteiger partial charge in [-0.2, -0.15) is 0 Å². The molecule has 0 atom stereocenters. The van der Waals surface area contributed by atoms with Crippen LogP contribution in [0.3, 0.4) is 0 Å². The maximum absolute atomic E-state index is 12.5. The van der Waals surface area contributed by atoms with E-state index in [0.717, 1.165) is 0 Å². The lowest BCUT2D eigenvalue weighted by Crippen LogP contribution is -2.18. The van der Waals surface area contributed by atoms with Crippen molar-refractivity contribution >= 4 is 36.7 Å². The summed E-state index contributed by atoms with van der Waals surface area (Å²) >= 11 is 0. The van der Waals surface area contributed by atoms with Crippen molar-refractivity contribution in [1.82, 2.24) is 4.72 Å². The average Bonchev–Trinajstić information content (AvgIpc) is 2.61. The van der Waals surface area contributed by atoms with E-state index >= 15 is 0 Å². The van der Waals surface area contributed by atoms with Crippen molar-refractivity contribution in [2.75, 3.05) is 11.8 Å². The van der Waals surface area contributed by atoms with E-state index in [0.29, 0.717) is 5.39 Å². The Balaban J connectivity index is 1.91. The van der Waals surface area contributed by atoms with Crippen LogP contribution in [-0.4, -0.2) is 23.9 Å². The van der Waals surface area contributed by atoms with E-state index in [-0.39, 0.29) is 21.1 Å². The second-order valence-electron chi connectivity index (χ2n) is 5.29. The van der Waals surface area contributed by atoms with Gasteiger partial charge in [-0.25, -0.2) is 26.4 Å². The lowest BCUT2D eigenvalue weighted by Gasteiger charge is -2.09. The monoisotopic (exact) mass is 394 g/mol. The molecule has 0 amide bonds. The van der Waals surface area contributed by atoms with Crippen LogP contribution in [-0.2, 0) is 20.0 Å². The topological polar surface area (TPSA) is 123 Å². The van der Waals surface area contributed by atoms with E-state index in [1.54, 1.807) is 0 Å². The Labute approximate surface area is 149 Å². The minimum atomic E-state index is -3.90. The second-order valence-corrected chi connectivity index (χ2v) is 8.86. The summed E-state index contributed by atoms with van der Waals surface area (Å²) in [7, 11) is -6.22. The highest BCUT2D eigenvalue weighted by Gasteiger charge is 2.16. The summed E-state index contributed by atoms with van der Waals surface area (Å²) in [6.07, 6.45) is 0. The van der Waals surface area contributed by atoms with Crippen LogP contribution in [0.15, 0.2) is 73.6 Å². The van der Waals surface area contributed by atoms with Crippen molar-refractivity contribution in [3.8, 4) is 0 Å². The van der Waals surface area contributed by atoms with E-state index in [4.69, 9.17) is 4.42 Å². The van der Waals surface area contributed by atoms with Crippen molar-refractivity contribution in [3.05, 3.63) is 65.0 Å². The summed E-state index contributed by atoms with van der Waals surface area (Å²) in [4.78, 5) is 11.2. The van der Waals surface area contributed by atoms with Gasteiger partial charge in [0.2, 0.25) is 10.0 Å². The normalized spacial score (nSPS) is 12.2. The first-order chi connectivity index (χ1) is 12.2. The largest absolute Gasteiger partial charge is 0.423 e. The molecule has 0 spiro atoms. The first-order valence-electron chi connectivity index (χ1n) is 7.32. The highest BCUT2D eigenvalue weighted by Crippen LogP contribution is 2.21. The van der Waals surface area contributed by atoms with Gasteiger partial charge in [-0.1, -0.05) is 0 Å². The van der Waals surface area contributed by atoms with Crippen molar-refractivity contribution in [2.45, 2.75) is 9.79 Å². The Morgan fingerprint density at radius 2 is 1.46 bits per heavy atom. The lowest BCUT2D eigenvalue weighted by molar-refractivity contribution is 0.560. The molecule has 0 aliphatic carbocycles. The molecule has 136 valence electrons. The molecule has 3 rings (SSSR count). The number of rotatable bonds is 5. The van der Waals surface area contributed by atoms with Gasteiger partial charge in [0.25, 0.3) is 10.0 Å². The predicted octanol–water partition coefficient (Wildman–Crippen LogP) is 1.50. The molecule has 0 bridgehead atoms. The molecule has 1 aromatic heterocycles. The van der Waals surface area contributed by atoms with Gasteiger partial charge in [0.15, 0.2) is 0 Å². The molecule has 3 aromatic rings. The van der Waals surface area contributed by atoms with Gasteiger partial charge in [-0.05, 0) is 55.6 Å². The average molecular weight is 394 g/mol. The molecule has 10 heteroatoms. The third-order valence-electron chi connectivity index (χ3n) is 3.59. The van der Waals surface area contributed by atoms with Crippen molar-refractivity contribution in [3.63, 3.8) is 0 Å². The molecule has 0 saturated carbocycles. The molecule has 0 fully saturated rings. The summed E-state index contributed by atoms with van der Waals surface area (Å²) in [5, 5.41) is 0.461. The second kappa shape index (κ2) is 6.56. The molecular formula is C16H14N2O6S2. The third kappa shape index (κ3) is 3.62. The van der Waals surface area contributed by atoms with E-state index in [1.165, 1.54) is 61.6 Å². The van der Waals surface area contributed by atoms with E-state index in [2.05, 4.69) is 9.44 Å². The fourth-order valence-electron chi connectivity index (χ4n) is 2.25. The van der Waals surface area contributed by atoms with Crippen LogP contribution in [0.25, 0.3) is 11.0 Å². The van der Waals surface area contributed by atoms with Crippen LogP contribution in [0.5, 0.6) is 0 Å². The summed E-state index contributed by atoms with van der Waals surface area (Å²) < 4.78 is 57.9. The van der Waals surface area contributed by atoms with Gasteiger partial charge in [0, 0.05) is 17.1 Å². The van der Waals surface area contributed by atoms with E-state index in [9.17, 15) is 21.6 Å². The molecule has 0 unspecified atom stereocenters. The molecule has 0 aliphatic heterocycles. The highest BCUT2D eigenvalue weighted by molar-refractivity contribution is 7.92. The Kier molecular flexibility index (Phi) is 4.57. The standard InChI is InChI=1S/C16H14N2O6S2/c1-17-25(20,21)13-5-3-12(4-6-13)18-26(22,23)14-7-8-15-11(10-14)2-9-16(19)24-15/h2-10,17-18H,1H3. The maximum atomic E-state index is 12.5. The predicted molar refractivity (Wildman–Crippen MR) is 96.0 cm³/mol. The summed E-state index contributed by atoms with van der Waals surface area (Å²) in [5.41, 5.74) is -0.0411. The van der Waals surface area contributed by atoms with Crippen molar-refractivity contribution in [1.29, 1.82) is 0 Å². The Morgan fingerprint density at radius 3 is 2.12 bits per heavy atom. The van der Waals surface area contributed by atoms with Gasteiger partial charge in [0.05, 0.1) is 9.79 Å². The van der Waals surface area contributed by atoms with Crippen molar-refractivity contribution < 1.29 is 21.3 Å². The summed E-state index contributed by atoms with van der Waals surface area (Å²) in [6.45, 7) is 0. The smallest absolute Gasteiger partial charge is 0.336 e. The minimum Gasteiger partial charge on any atom is -0.423 e. The zero-order valence-electron chi connectivity index (χ0n) is 13.5. The van der Waals surface area contributed by atoms with Gasteiger partial charge in [0.1, 0.15) is 5.58 Å². The van der Waals surface area contributed by atoms with Gasteiger partial charge in [-0.3, -0.25) is 4.72 Å². The van der Waals surface area contributed by atoms with Crippen LogP contribution in [0.1, 0.15) is 0 Å². The molecule has 2 aromatic carbocycles. The van der Waals surface area contributed by atoms with Crippen LogP contribution in [0.2, 0.25) is 0 Å². The van der Waals surface area contributed by atoms with Crippen LogP contribution >= 0.6 is 0 Å². The van der Waals surface area contributed by atoms with Gasteiger partial charge < -0.3 is 4.42 Å². The van der Waals surface area contributed by atoms with Crippen LogP contribution in [0.4, 0.5) is 5.69 Å². The fourth-order valence-corrected chi connectivity index (χ4v) is 4.07. The first-order valence-corrected chi connectivity index (χ1v) is 10.3. The molecule has 2 N–H and O–H groups in total.